The Balaban J connectivity index is 1.56. The Morgan fingerprint density at radius 2 is 1.73 bits per heavy atom. The van der Waals surface area contributed by atoms with Crippen LogP contribution in [0.5, 0.6) is 0 Å². The van der Waals surface area contributed by atoms with E-state index >= 15 is 0 Å². The number of carbonyl (C=O) groups is 2. The van der Waals surface area contributed by atoms with Gasteiger partial charge in [0.1, 0.15) is 5.57 Å². The molecule has 1 N–H and O–H groups in total. The molecule has 0 saturated carbocycles. The van der Waals surface area contributed by atoms with Crippen molar-refractivity contribution in [1.29, 1.82) is 0 Å². The van der Waals surface area contributed by atoms with E-state index < -0.39 is 23.6 Å². The van der Waals surface area contributed by atoms with E-state index in [4.69, 9.17) is 12.2 Å². The van der Waals surface area contributed by atoms with Gasteiger partial charge in [-0.05, 0) is 55.0 Å². The summed E-state index contributed by atoms with van der Waals surface area (Å²) < 4.78 is 41.8. The minimum Gasteiger partial charge on any atom is -0.342 e. The average molecular weight is 520 g/mol. The lowest BCUT2D eigenvalue weighted by molar-refractivity contribution is -0.137. The first-order valence-corrected chi connectivity index (χ1v) is 11.7. The molecular weight excluding hydrogens is 499 g/mol. The van der Waals surface area contributed by atoms with Crippen LogP contribution < -0.4 is 10.2 Å². The van der Waals surface area contributed by atoms with Gasteiger partial charge in [0, 0.05) is 29.2 Å². The number of nitrogens with zero attached hydrogens (tertiary/aromatic N) is 2. The highest BCUT2D eigenvalue weighted by Crippen LogP contribution is 2.33. The number of thiocarbonyl (C=S) groups is 1. The van der Waals surface area contributed by atoms with Crippen molar-refractivity contribution >= 4 is 51.8 Å². The highest BCUT2D eigenvalue weighted by atomic mass is 32.1. The van der Waals surface area contributed by atoms with Crippen molar-refractivity contribution in [3.05, 3.63) is 107 Å². The first-order chi connectivity index (χ1) is 17.6. The number of amides is 2. The summed E-state index contributed by atoms with van der Waals surface area (Å²) in [7, 11) is 0. The van der Waals surface area contributed by atoms with Crippen LogP contribution in [0.15, 0.2) is 84.6 Å². The predicted octanol–water partition coefficient (Wildman–Crippen LogP) is 5.85. The monoisotopic (exact) mass is 519 g/mol. The number of carbonyl (C=O) groups excluding carboxylic acids is 2. The van der Waals surface area contributed by atoms with Gasteiger partial charge in [0.05, 0.1) is 11.3 Å². The van der Waals surface area contributed by atoms with Gasteiger partial charge in [0.25, 0.3) is 11.8 Å². The van der Waals surface area contributed by atoms with Gasteiger partial charge in [0.15, 0.2) is 5.11 Å². The molecule has 2 heterocycles. The summed E-state index contributed by atoms with van der Waals surface area (Å²) >= 11 is 5.14. The molecule has 5 rings (SSSR count). The van der Waals surface area contributed by atoms with E-state index in [1.54, 1.807) is 0 Å². The second-order valence-corrected chi connectivity index (χ2v) is 9.11. The van der Waals surface area contributed by atoms with Gasteiger partial charge in [-0.1, -0.05) is 54.1 Å². The first kappa shape index (κ1) is 24.5. The van der Waals surface area contributed by atoms with Crippen LogP contribution in [-0.4, -0.2) is 21.5 Å². The molecule has 1 saturated heterocycles. The summed E-state index contributed by atoms with van der Waals surface area (Å²) in [6.45, 7) is 2.59. The van der Waals surface area contributed by atoms with Gasteiger partial charge in [-0.3, -0.25) is 19.8 Å². The fourth-order valence-corrected chi connectivity index (χ4v) is 4.68. The number of hydrogen-bond acceptors (Lipinski definition) is 3. The minimum atomic E-state index is -4.60. The lowest BCUT2D eigenvalue weighted by Gasteiger charge is -2.29. The molecule has 0 aliphatic carbocycles. The fraction of sp³-hybridized carbons (Fsp3) is 0.107. The van der Waals surface area contributed by atoms with Crippen LogP contribution in [-0.2, 0) is 22.3 Å². The molecule has 1 aliphatic heterocycles. The molecule has 1 aliphatic rings. The minimum absolute atomic E-state index is 0.0856. The Labute approximate surface area is 215 Å². The number of rotatable bonds is 4. The van der Waals surface area contributed by atoms with Crippen molar-refractivity contribution in [3.63, 3.8) is 0 Å². The molecule has 4 aromatic rings. The van der Waals surface area contributed by atoms with Crippen LogP contribution in [0.2, 0.25) is 0 Å². The van der Waals surface area contributed by atoms with Gasteiger partial charge in [0.2, 0.25) is 0 Å². The molecule has 0 spiro atoms. The zero-order valence-corrected chi connectivity index (χ0v) is 20.4. The van der Waals surface area contributed by atoms with E-state index in [-0.39, 0.29) is 16.4 Å². The summed E-state index contributed by atoms with van der Waals surface area (Å²) in [5.41, 5.74) is 2.51. The van der Waals surface area contributed by atoms with Gasteiger partial charge < -0.3 is 4.57 Å². The Morgan fingerprint density at radius 3 is 2.49 bits per heavy atom. The van der Waals surface area contributed by atoms with Crippen LogP contribution >= 0.6 is 12.2 Å². The van der Waals surface area contributed by atoms with Crippen molar-refractivity contribution in [2.75, 3.05) is 4.90 Å². The molecule has 1 fully saturated rings. The van der Waals surface area contributed by atoms with Crippen molar-refractivity contribution in [3.8, 4) is 0 Å². The molecular formula is C28H20F3N3O2S. The molecule has 0 atom stereocenters. The Bertz CT molecular complexity index is 1600. The standard InChI is InChI=1S/C28H20F3N3O2S/c1-17-6-4-7-18(12-17)15-33-16-19(22-10-2-3-11-24(22)33)13-23-25(35)32-27(37)34(26(23)36)21-9-5-8-20(14-21)28(29,30)31/h2-14,16H,15H2,1H3,(H,32,35,37)/b23-13+. The number of anilines is 1. The normalized spacial score (nSPS) is 15.5. The summed E-state index contributed by atoms with van der Waals surface area (Å²) in [6.07, 6.45) is -1.30. The van der Waals surface area contributed by atoms with Crippen molar-refractivity contribution in [2.24, 2.45) is 0 Å². The molecule has 9 heteroatoms. The Kier molecular flexibility index (Phi) is 6.16. The Morgan fingerprint density at radius 1 is 0.973 bits per heavy atom. The number of nitrogens with one attached hydrogen (secondary N) is 1. The van der Waals surface area contributed by atoms with Gasteiger partial charge in [-0.15, -0.1) is 0 Å². The summed E-state index contributed by atoms with van der Waals surface area (Å²) in [5, 5.41) is 2.97. The number of para-hydroxylation sites is 1. The summed E-state index contributed by atoms with van der Waals surface area (Å²) in [6, 6.07) is 19.9. The Hall–Kier alpha value is -4.24. The van der Waals surface area contributed by atoms with E-state index in [1.807, 2.05) is 60.2 Å². The van der Waals surface area contributed by atoms with Crippen LogP contribution in [0, 0.1) is 6.92 Å². The van der Waals surface area contributed by atoms with Gasteiger partial charge in [-0.2, -0.15) is 13.2 Å². The number of aromatic nitrogens is 1. The van der Waals surface area contributed by atoms with Gasteiger partial charge in [-0.25, -0.2) is 0 Å². The maximum absolute atomic E-state index is 13.4. The van der Waals surface area contributed by atoms with Crippen LogP contribution in [0.25, 0.3) is 17.0 Å². The third-order valence-corrected chi connectivity index (χ3v) is 6.37. The van der Waals surface area contributed by atoms with E-state index in [9.17, 15) is 22.8 Å². The largest absolute Gasteiger partial charge is 0.416 e. The number of benzene rings is 3. The molecule has 0 bridgehead atoms. The van der Waals surface area contributed by atoms with Gasteiger partial charge >= 0.3 is 6.18 Å². The van der Waals surface area contributed by atoms with Crippen molar-refractivity contribution in [1.82, 2.24) is 9.88 Å². The molecule has 5 nitrogen and oxygen atoms in total. The third-order valence-electron chi connectivity index (χ3n) is 6.09. The average Bonchev–Trinajstić information content (AvgIpc) is 3.18. The predicted molar refractivity (Wildman–Crippen MR) is 140 cm³/mol. The van der Waals surface area contributed by atoms with Crippen LogP contribution in [0.4, 0.5) is 18.9 Å². The first-order valence-electron chi connectivity index (χ1n) is 11.3. The number of aryl methyl sites for hydroxylation is 1. The molecule has 0 unspecified atom stereocenters. The van der Waals surface area contributed by atoms with Crippen molar-refractivity contribution < 1.29 is 22.8 Å². The maximum Gasteiger partial charge on any atom is 0.416 e. The lowest BCUT2D eigenvalue weighted by atomic mass is 10.1. The topological polar surface area (TPSA) is 54.3 Å². The van der Waals surface area contributed by atoms with Crippen LogP contribution in [0.3, 0.4) is 0 Å². The zero-order chi connectivity index (χ0) is 26.3. The number of halogens is 3. The number of alkyl halides is 3. The van der Waals surface area contributed by atoms with Crippen LogP contribution in [0.1, 0.15) is 22.3 Å². The van der Waals surface area contributed by atoms with E-state index in [0.717, 1.165) is 39.1 Å². The number of fused-ring (bicyclic) bond motifs is 1. The van der Waals surface area contributed by atoms with E-state index in [1.165, 1.54) is 18.2 Å². The fourth-order valence-electron chi connectivity index (χ4n) is 4.40. The molecule has 2 amide bonds. The summed E-state index contributed by atoms with van der Waals surface area (Å²) in [4.78, 5) is 27.1. The smallest absolute Gasteiger partial charge is 0.342 e. The van der Waals surface area contributed by atoms with E-state index in [2.05, 4.69) is 11.4 Å². The molecule has 0 radical (unpaired) electrons. The second-order valence-electron chi connectivity index (χ2n) is 8.72. The number of hydrogen-bond donors (Lipinski definition) is 1. The third kappa shape index (κ3) is 4.77. The SMILES string of the molecule is Cc1cccc(Cn2cc(/C=C3\C(=O)NC(=S)N(c4cccc(C(F)(F)F)c4)C3=O)c3ccccc32)c1. The maximum atomic E-state index is 13.4. The quantitative estimate of drug-likeness (QED) is 0.209. The molecule has 186 valence electrons. The molecule has 1 aromatic heterocycles. The zero-order valence-electron chi connectivity index (χ0n) is 19.5. The highest BCUT2D eigenvalue weighted by molar-refractivity contribution is 7.80. The van der Waals surface area contributed by atoms with E-state index in [0.29, 0.717) is 12.1 Å². The molecule has 3 aromatic carbocycles. The van der Waals surface area contributed by atoms with Crippen molar-refractivity contribution in [2.45, 2.75) is 19.6 Å². The second kappa shape index (κ2) is 9.33. The summed E-state index contributed by atoms with van der Waals surface area (Å²) in [5.74, 6) is -1.52. The lowest BCUT2D eigenvalue weighted by Crippen LogP contribution is -2.54. The molecule has 37 heavy (non-hydrogen) atoms. The highest BCUT2D eigenvalue weighted by Gasteiger charge is 2.36.